The van der Waals surface area contributed by atoms with Gasteiger partial charge in [-0.05, 0) is 17.7 Å². The third-order valence-electron chi connectivity index (χ3n) is 4.04. The summed E-state index contributed by atoms with van der Waals surface area (Å²) >= 11 is 0. The molecule has 1 amide bonds. The van der Waals surface area contributed by atoms with Crippen molar-refractivity contribution in [2.24, 2.45) is 0 Å². The number of rotatable bonds is 7. The van der Waals surface area contributed by atoms with Crippen molar-refractivity contribution in [3.63, 3.8) is 0 Å². The molecule has 136 valence electrons. The molecule has 0 aromatic carbocycles. The Balaban J connectivity index is 1.69. The van der Waals surface area contributed by atoms with Crippen LogP contribution < -0.4 is 5.32 Å². The lowest BCUT2D eigenvalue weighted by atomic mass is 10.1. The quantitative estimate of drug-likeness (QED) is 0.598. The number of amides is 1. The third-order valence-corrected chi connectivity index (χ3v) is 4.04. The van der Waals surface area contributed by atoms with Gasteiger partial charge in [-0.25, -0.2) is 4.98 Å². The highest BCUT2D eigenvalue weighted by molar-refractivity contribution is 5.92. The molecule has 0 saturated heterocycles. The number of carbonyl (C=O) groups excluding carboxylic acids is 1. The molecular formula is C18H22N6O2. The van der Waals surface area contributed by atoms with Crippen LogP contribution in [-0.4, -0.2) is 42.4 Å². The Labute approximate surface area is 151 Å². The van der Waals surface area contributed by atoms with Crippen LogP contribution in [0.2, 0.25) is 0 Å². The van der Waals surface area contributed by atoms with Crippen LogP contribution in [0.4, 0.5) is 0 Å². The first-order chi connectivity index (χ1) is 12.6. The number of nitrogens with one attached hydrogen (secondary N) is 2. The zero-order valence-corrected chi connectivity index (χ0v) is 14.8. The van der Waals surface area contributed by atoms with E-state index >= 15 is 0 Å². The number of aromatic nitrogens is 5. The highest BCUT2D eigenvalue weighted by Gasteiger charge is 2.18. The van der Waals surface area contributed by atoms with Crippen molar-refractivity contribution in [2.45, 2.75) is 32.4 Å². The Hall–Kier alpha value is -3.00. The summed E-state index contributed by atoms with van der Waals surface area (Å²) in [7, 11) is 0. The van der Waals surface area contributed by atoms with Gasteiger partial charge >= 0.3 is 0 Å². The van der Waals surface area contributed by atoms with Crippen molar-refractivity contribution in [1.29, 1.82) is 0 Å². The Morgan fingerprint density at radius 1 is 1.38 bits per heavy atom. The fourth-order valence-electron chi connectivity index (χ4n) is 2.75. The molecule has 0 spiro atoms. The molecule has 8 heteroatoms. The Kier molecular flexibility index (Phi) is 5.43. The fourth-order valence-corrected chi connectivity index (χ4v) is 2.75. The minimum Gasteiger partial charge on any atom is -0.394 e. The third kappa shape index (κ3) is 3.97. The smallest absolute Gasteiger partial charge is 0.272 e. The summed E-state index contributed by atoms with van der Waals surface area (Å²) in [6, 6.07) is 4.74. The molecule has 0 bridgehead atoms. The molecule has 0 aliphatic heterocycles. The van der Waals surface area contributed by atoms with Gasteiger partial charge in [0.1, 0.15) is 11.5 Å². The number of aliphatic hydroxyl groups excluding tert-OH is 1. The van der Waals surface area contributed by atoms with Gasteiger partial charge in [-0.3, -0.25) is 14.9 Å². The van der Waals surface area contributed by atoms with E-state index in [-0.39, 0.29) is 18.2 Å². The van der Waals surface area contributed by atoms with Gasteiger partial charge < -0.3 is 15.0 Å². The average Bonchev–Trinajstić information content (AvgIpc) is 3.30. The molecular weight excluding hydrogens is 332 g/mol. The van der Waals surface area contributed by atoms with Crippen LogP contribution >= 0.6 is 0 Å². The van der Waals surface area contributed by atoms with Gasteiger partial charge in [-0.2, -0.15) is 5.10 Å². The second-order valence-electron chi connectivity index (χ2n) is 6.34. The van der Waals surface area contributed by atoms with E-state index in [0.717, 1.165) is 17.1 Å². The van der Waals surface area contributed by atoms with Crippen LogP contribution in [0.3, 0.4) is 0 Å². The number of carbonyl (C=O) groups is 1. The lowest BCUT2D eigenvalue weighted by Crippen LogP contribution is -2.31. The normalized spacial score (nSPS) is 12.3. The number of hydrogen-bond acceptors (Lipinski definition) is 5. The number of imidazole rings is 1. The van der Waals surface area contributed by atoms with Gasteiger partial charge in [0.15, 0.2) is 0 Å². The van der Waals surface area contributed by atoms with E-state index in [9.17, 15) is 9.90 Å². The van der Waals surface area contributed by atoms with E-state index in [1.54, 1.807) is 36.8 Å². The first-order valence-electron chi connectivity index (χ1n) is 8.45. The molecule has 3 heterocycles. The van der Waals surface area contributed by atoms with E-state index < -0.39 is 6.04 Å². The lowest BCUT2D eigenvalue weighted by Gasteiger charge is -2.15. The lowest BCUT2D eigenvalue weighted by molar-refractivity contribution is 0.0911. The summed E-state index contributed by atoms with van der Waals surface area (Å²) in [5, 5.41) is 19.3. The maximum absolute atomic E-state index is 12.4. The number of pyridine rings is 1. The van der Waals surface area contributed by atoms with Crippen molar-refractivity contribution >= 4 is 5.91 Å². The molecule has 8 nitrogen and oxygen atoms in total. The van der Waals surface area contributed by atoms with Crippen molar-refractivity contribution in [2.75, 3.05) is 6.61 Å². The van der Waals surface area contributed by atoms with Crippen LogP contribution in [0.15, 0.2) is 43.0 Å². The molecule has 0 fully saturated rings. The van der Waals surface area contributed by atoms with Gasteiger partial charge in [0.05, 0.1) is 24.9 Å². The number of aromatic amines is 1. The highest BCUT2D eigenvalue weighted by Crippen LogP contribution is 2.14. The first kappa shape index (κ1) is 17.8. The standard InChI is InChI=1S/C18H22N6O2/c1-12(2)17-20-6-7-24(17)10-14-8-15(23-22-14)18(26)21-16(11-25)13-4-3-5-19-9-13/h3-9,12,16,25H,10-11H2,1-2H3,(H,21,26)(H,22,23)/t16-/m1/s1. The van der Waals surface area contributed by atoms with E-state index in [2.05, 4.69) is 39.3 Å². The SMILES string of the molecule is CC(C)c1nccn1Cc1cc(C(=O)N[C@H](CO)c2cccnc2)n[nH]1. The molecule has 3 rings (SSSR count). The summed E-state index contributed by atoms with van der Waals surface area (Å²) in [5.41, 5.74) is 1.81. The molecule has 3 aromatic heterocycles. The molecule has 3 N–H and O–H groups in total. The molecule has 0 saturated carbocycles. The molecule has 26 heavy (non-hydrogen) atoms. The fraction of sp³-hybridized carbons (Fsp3) is 0.333. The number of hydrogen-bond donors (Lipinski definition) is 3. The molecule has 0 aliphatic carbocycles. The van der Waals surface area contributed by atoms with Crippen LogP contribution in [0, 0.1) is 0 Å². The second-order valence-corrected chi connectivity index (χ2v) is 6.34. The van der Waals surface area contributed by atoms with Crippen LogP contribution in [0.1, 0.15) is 53.4 Å². The van der Waals surface area contributed by atoms with Crippen molar-refractivity contribution in [3.05, 3.63) is 65.8 Å². The number of aliphatic hydroxyl groups is 1. The minimum absolute atomic E-state index is 0.221. The van der Waals surface area contributed by atoms with E-state index in [1.165, 1.54) is 0 Å². The van der Waals surface area contributed by atoms with Gasteiger partial charge in [0.25, 0.3) is 5.91 Å². The van der Waals surface area contributed by atoms with Crippen LogP contribution in [-0.2, 0) is 6.54 Å². The topological polar surface area (TPSA) is 109 Å². The Morgan fingerprint density at radius 2 is 2.23 bits per heavy atom. The maximum atomic E-state index is 12.4. The summed E-state index contributed by atoms with van der Waals surface area (Å²) in [6.07, 6.45) is 6.92. The van der Waals surface area contributed by atoms with E-state index in [4.69, 9.17) is 0 Å². The summed E-state index contributed by atoms with van der Waals surface area (Å²) in [4.78, 5) is 20.8. The molecule has 0 radical (unpaired) electrons. The van der Waals surface area contributed by atoms with Gasteiger partial charge in [0.2, 0.25) is 0 Å². The number of H-pyrrole nitrogens is 1. The van der Waals surface area contributed by atoms with Gasteiger partial charge in [-0.15, -0.1) is 0 Å². The average molecular weight is 354 g/mol. The van der Waals surface area contributed by atoms with Crippen LogP contribution in [0.25, 0.3) is 0 Å². The van der Waals surface area contributed by atoms with Crippen molar-refractivity contribution in [3.8, 4) is 0 Å². The molecule has 0 aliphatic rings. The maximum Gasteiger partial charge on any atom is 0.272 e. The summed E-state index contributed by atoms with van der Waals surface area (Å²) in [6.45, 7) is 4.50. The zero-order valence-electron chi connectivity index (χ0n) is 14.8. The summed E-state index contributed by atoms with van der Waals surface area (Å²) in [5.74, 6) is 0.924. The van der Waals surface area contributed by atoms with Crippen LogP contribution in [0.5, 0.6) is 0 Å². The van der Waals surface area contributed by atoms with E-state index in [1.807, 2.05) is 10.8 Å². The Morgan fingerprint density at radius 3 is 2.92 bits per heavy atom. The highest BCUT2D eigenvalue weighted by atomic mass is 16.3. The minimum atomic E-state index is -0.530. The van der Waals surface area contributed by atoms with Gasteiger partial charge in [-0.1, -0.05) is 19.9 Å². The predicted molar refractivity (Wildman–Crippen MR) is 95.5 cm³/mol. The van der Waals surface area contributed by atoms with Gasteiger partial charge in [0, 0.05) is 30.7 Å². The largest absolute Gasteiger partial charge is 0.394 e. The second kappa shape index (κ2) is 7.92. The monoisotopic (exact) mass is 354 g/mol. The predicted octanol–water partition coefficient (Wildman–Crippen LogP) is 1.64. The van der Waals surface area contributed by atoms with E-state index in [0.29, 0.717) is 12.5 Å². The molecule has 1 atom stereocenters. The Bertz CT molecular complexity index is 855. The molecule has 3 aromatic rings. The number of nitrogens with zero attached hydrogens (tertiary/aromatic N) is 4. The van der Waals surface area contributed by atoms with Crippen molar-refractivity contribution < 1.29 is 9.90 Å². The summed E-state index contributed by atoms with van der Waals surface area (Å²) < 4.78 is 2.02. The zero-order chi connectivity index (χ0) is 18.5. The van der Waals surface area contributed by atoms with Crippen molar-refractivity contribution in [1.82, 2.24) is 30.0 Å². The first-order valence-corrected chi connectivity index (χ1v) is 8.45. The molecule has 0 unspecified atom stereocenters.